The predicted octanol–water partition coefficient (Wildman–Crippen LogP) is 4.16. The van der Waals surface area contributed by atoms with Crippen molar-refractivity contribution in [3.05, 3.63) is 46.8 Å². The normalized spacial score (nSPS) is 14.3. The lowest BCUT2D eigenvalue weighted by Crippen LogP contribution is -2.16. The number of nitrogens with one attached hydrogen (secondary N) is 1. The van der Waals surface area contributed by atoms with Gasteiger partial charge in [0.25, 0.3) is 5.69 Å². The number of rotatable bonds is 9. The van der Waals surface area contributed by atoms with Crippen molar-refractivity contribution in [2.75, 3.05) is 18.2 Å². The Hall–Kier alpha value is -2.88. The molecule has 1 fully saturated rings. The molecule has 0 radical (unpaired) electrons. The number of carbonyl (C=O) groups excluding carboxylic acids is 1. The number of nitrogens with zero attached hydrogens (tertiary/aromatic N) is 4. The number of carbonyl (C=O) groups is 1. The summed E-state index contributed by atoms with van der Waals surface area (Å²) < 4.78 is 7.19. The van der Waals surface area contributed by atoms with E-state index >= 15 is 0 Å². The summed E-state index contributed by atoms with van der Waals surface area (Å²) in [4.78, 5) is 22.8. The lowest BCUT2D eigenvalue weighted by Gasteiger charge is -2.21. The van der Waals surface area contributed by atoms with Gasteiger partial charge in [0.2, 0.25) is 5.91 Å². The Morgan fingerprint density at radius 2 is 2.17 bits per heavy atom. The Balaban J connectivity index is 1.66. The summed E-state index contributed by atoms with van der Waals surface area (Å²) in [6.07, 6.45) is 7.70. The van der Waals surface area contributed by atoms with Gasteiger partial charge < -0.3 is 14.6 Å². The van der Waals surface area contributed by atoms with Crippen LogP contribution in [0, 0.1) is 10.1 Å². The smallest absolute Gasteiger partial charge is 0.273 e. The van der Waals surface area contributed by atoms with Crippen LogP contribution < -0.4 is 10.1 Å². The largest absolute Gasteiger partial charge is 0.494 e. The second kappa shape index (κ2) is 10.2. The first-order valence-electron chi connectivity index (χ1n) is 9.82. The molecular formula is C20H25N5O4S. The third kappa shape index (κ3) is 5.18. The fourth-order valence-corrected chi connectivity index (χ4v) is 4.34. The van der Waals surface area contributed by atoms with Gasteiger partial charge in [-0.3, -0.25) is 14.9 Å². The highest BCUT2D eigenvalue weighted by molar-refractivity contribution is 7.99. The Kier molecular flexibility index (Phi) is 7.45. The quantitative estimate of drug-likeness (QED) is 0.274. The van der Waals surface area contributed by atoms with Crippen molar-refractivity contribution in [2.24, 2.45) is 0 Å². The number of methoxy groups -OCH3 is 1. The van der Waals surface area contributed by atoms with E-state index in [9.17, 15) is 14.9 Å². The molecule has 1 saturated carbocycles. The van der Waals surface area contributed by atoms with E-state index in [1.54, 1.807) is 0 Å². The minimum atomic E-state index is -0.514. The van der Waals surface area contributed by atoms with E-state index in [1.807, 2.05) is 10.6 Å². The van der Waals surface area contributed by atoms with Crippen LogP contribution >= 0.6 is 11.8 Å². The standard InChI is InChI=1S/C20H25N5O4S/c1-3-11-24-19(14-7-5-4-6-8-14)22-23-20(24)30-13-18(26)21-16-10-9-15(25(27)28)12-17(16)29-2/h3,9-10,12,14H,1,4-8,11,13H2,2H3,(H,21,26). The van der Waals surface area contributed by atoms with E-state index in [4.69, 9.17) is 4.74 Å². The molecule has 1 aliphatic rings. The topological polar surface area (TPSA) is 112 Å². The molecule has 0 bridgehead atoms. The minimum Gasteiger partial charge on any atom is -0.494 e. The van der Waals surface area contributed by atoms with Crippen molar-refractivity contribution in [3.63, 3.8) is 0 Å². The minimum absolute atomic E-state index is 0.105. The Labute approximate surface area is 179 Å². The van der Waals surface area contributed by atoms with Crippen LogP contribution in [-0.2, 0) is 11.3 Å². The SMILES string of the molecule is C=CCn1c(SCC(=O)Nc2ccc([N+](=O)[O-])cc2OC)nnc1C1CCCCC1. The van der Waals surface area contributed by atoms with Crippen LogP contribution in [0.5, 0.6) is 5.75 Å². The zero-order chi connectivity index (χ0) is 21.5. The molecule has 1 aromatic heterocycles. The molecule has 9 nitrogen and oxygen atoms in total. The molecule has 0 atom stereocenters. The molecule has 0 unspecified atom stereocenters. The summed E-state index contributed by atoms with van der Waals surface area (Å²) in [5, 5.41) is 23.0. The van der Waals surface area contributed by atoms with Crippen LogP contribution in [0.25, 0.3) is 0 Å². The number of non-ortho nitro benzene ring substituents is 1. The number of amides is 1. The summed E-state index contributed by atoms with van der Waals surface area (Å²) >= 11 is 1.30. The van der Waals surface area contributed by atoms with Crippen LogP contribution in [0.4, 0.5) is 11.4 Å². The molecular weight excluding hydrogens is 406 g/mol. The van der Waals surface area contributed by atoms with Crippen molar-refractivity contribution in [2.45, 2.75) is 49.7 Å². The number of benzene rings is 1. The highest BCUT2D eigenvalue weighted by atomic mass is 32.2. The molecule has 10 heteroatoms. The summed E-state index contributed by atoms with van der Waals surface area (Å²) in [6, 6.07) is 4.06. The lowest BCUT2D eigenvalue weighted by atomic mass is 9.89. The molecule has 30 heavy (non-hydrogen) atoms. The zero-order valence-electron chi connectivity index (χ0n) is 16.9. The number of hydrogen-bond donors (Lipinski definition) is 1. The summed E-state index contributed by atoms with van der Waals surface area (Å²) in [6.45, 7) is 4.42. The Bertz CT molecular complexity index is 924. The molecule has 1 aliphatic carbocycles. The molecule has 1 N–H and O–H groups in total. The number of allylic oxidation sites excluding steroid dienone is 1. The van der Waals surface area contributed by atoms with Gasteiger partial charge in [-0.1, -0.05) is 37.1 Å². The van der Waals surface area contributed by atoms with Crippen LogP contribution in [0.2, 0.25) is 0 Å². The highest BCUT2D eigenvalue weighted by Gasteiger charge is 2.23. The van der Waals surface area contributed by atoms with Crippen LogP contribution in [0.15, 0.2) is 36.0 Å². The molecule has 1 amide bonds. The van der Waals surface area contributed by atoms with Gasteiger partial charge in [-0.05, 0) is 18.9 Å². The average Bonchev–Trinajstić information content (AvgIpc) is 3.16. The molecule has 0 saturated heterocycles. The van der Waals surface area contributed by atoms with Crippen molar-refractivity contribution >= 4 is 29.0 Å². The summed E-state index contributed by atoms with van der Waals surface area (Å²) in [7, 11) is 1.40. The number of nitro groups is 1. The van der Waals surface area contributed by atoms with E-state index in [2.05, 4.69) is 22.1 Å². The van der Waals surface area contributed by atoms with E-state index in [-0.39, 0.29) is 23.1 Å². The van der Waals surface area contributed by atoms with E-state index in [1.165, 1.54) is 56.3 Å². The molecule has 1 heterocycles. The van der Waals surface area contributed by atoms with Crippen molar-refractivity contribution < 1.29 is 14.5 Å². The Morgan fingerprint density at radius 1 is 1.40 bits per heavy atom. The van der Waals surface area contributed by atoms with Gasteiger partial charge in [-0.2, -0.15) is 0 Å². The second-order valence-electron chi connectivity index (χ2n) is 7.05. The number of thioether (sulfide) groups is 1. The first-order valence-corrected chi connectivity index (χ1v) is 10.8. The van der Waals surface area contributed by atoms with E-state index in [0.29, 0.717) is 23.3 Å². The summed E-state index contributed by atoms with van der Waals surface area (Å²) in [5.41, 5.74) is 0.274. The van der Waals surface area contributed by atoms with Crippen LogP contribution in [0.3, 0.4) is 0 Å². The van der Waals surface area contributed by atoms with Gasteiger partial charge in [0.1, 0.15) is 11.6 Å². The second-order valence-corrected chi connectivity index (χ2v) is 8.00. The fraction of sp³-hybridized carbons (Fsp3) is 0.450. The van der Waals surface area contributed by atoms with Gasteiger partial charge in [0.15, 0.2) is 5.16 Å². The van der Waals surface area contributed by atoms with Crippen LogP contribution in [-0.4, -0.2) is 38.5 Å². The maximum absolute atomic E-state index is 12.5. The number of nitro benzene ring substituents is 1. The van der Waals surface area contributed by atoms with Gasteiger partial charge in [0.05, 0.1) is 29.5 Å². The number of hydrogen-bond acceptors (Lipinski definition) is 7. The molecule has 160 valence electrons. The van der Waals surface area contributed by atoms with Gasteiger partial charge in [0, 0.05) is 18.5 Å². The molecule has 0 spiro atoms. The maximum atomic E-state index is 12.5. The van der Waals surface area contributed by atoms with Crippen LogP contribution in [0.1, 0.15) is 43.8 Å². The molecule has 3 rings (SSSR count). The number of aromatic nitrogens is 3. The van der Waals surface area contributed by atoms with Gasteiger partial charge >= 0.3 is 0 Å². The molecule has 2 aromatic rings. The molecule has 1 aromatic carbocycles. The fourth-order valence-electron chi connectivity index (χ4n) is 3.58. The monoisotopic (exact) mass is 431 g/mol. The van der Waals surface area contributed by atoms with E-state index in [0.717, 1.165) is 18.7 Å². The first kappa shape index (κ1) is 21.8. The zero-order valence-corrected chi connectivity index (χ0v) is 17.7. The Morgan fingerprint density at radius 3 is 2.83 bits per heavy atom. The highest BCUT2D eigenvalue weighted by Crippen LogP contribution is 2.33. The maximum Gasteiger partial charge on any atom is 0.273 e. The lowest BCUT2D eigenvalue weighted by molar-refractivity contribution is -0.384. The molecule has 0 aliphatic heterocycles. The van der Waals surface area contributed by atoms with Gasteiger partial charge in [-0.15, -0.1) is 16.8 Å². The van der Waals surface area contributed by atoms with E-state index < -0.39 is 4.92 Å². The predicted molar refractivity (Wildman–Crippen MR) is 115 cm³/mol. The first-order chi connectivity index (χ1) is 14.5. The number of anilines is 1. The van der Waals surface area contributed by atoms with Crippen molar-refractivity contribution in [1.29, 1.82) is 0 Å². The van der Waals surface area contributed by atoms with Gasteiger partial charge in [-0.25, -0.2) is 0 Å². The summed E-state index contributed by atoms with van der Waals surface area (Å²) in [5.74, 6) is 1.46. The average molecular weight is 432 g/mol. The van der Waals surface area contributed by atoms with Crippen molar-refractivity contribution in [1.82, 2.24) is 14.8 Å². The number of ether oxygens (including phenoxy) is 1. The third-order valence-electron chi connectivity index (χ3n) is 5.03. The third-order valence-corrected chi connectivity index (χ3v) is 6.00. The van der Waals surface area contributed by atoms with Crippen molar-refractivity contribution in [3.8, 4) is 5.75 Å².